The lowest BCUT2D eigenvalue weighted by atomic mass is 9.98. The molecule has 0 aliphatic rings. The summed E-state index contributed by atoms with van der Waals surface area (Å²) in [6, 6.07) is 4.63. The molecule has 4 N–H and O–H groups in total. The van der Waals surface area contributed by atoms with Crippen LogP contribution < -0.4 is 11.5 Å². The van der Waals surface area contributed by atoms with E-state index in [0.29, 0.717) is 12.5 Å². The van der Waals surface area contributed by atoms with Crippen LogP contribution >= 0.6 is 0 Å². The van der Waals surface area contributed by atoms with Crippen molar-refractivity contribution in [1.29, 1.82) is 0 Å². The highest BCUT2D eigenvalue weighted by atomic mass is 19.1. The van der Waals surface area contributed by atoms with E-state index in [2.05, 4.69) is 0 Å². The van der Waals surface area contributed by atoms with E-state index in [4.69, 9.17) is 11.5 Å². The number of halogens is 1. The number of hydrogen-bond donors (Lipinski definition) is 2. The third kappa shape index (κ3) is 2.53. The normalized spacial score (nSPS) is 13.3. The summed E-state index contributed by atoms with van der Waals surface area (Å²) in [7, 11) is 0. The van der Waals surface area contributed by atoms with Gasteiger partial charge in [0, 0.05) is 12.6 Å². The molecule has 0 heterocycles. The van der Waals surface area contributed by atoms with Crippen molar-refractivity contribution in [3.63, 3.8) is 0 Å². The fourth-order valence-electron chi connectivity index (χ4n) is 1.32. The maximum Gasteiger partial charge on any atom is 0.123 e. The van der Waals surface area contributed by atoms with Gasteiger partial charge in [-0.1, -0.05) is 19.9 Å². The molecular weight excluding hydrogens is 179 g/mol. The molecule has 1 aromatic carbocycles. The highest BCUT2D eigenvalue weighted by molar-refractivity contribution is 5.29. The van der Waals surface area contributed by atoms with E-state index in [1.54, 1.807) is 0 Å². The van der Waals surface area contributed by atoms with Gasteiger partial charge >= 0.3 is 0 Å². The van der Waals surface area contributed by atoms with Crippen LogP contribution in [0.5, 0.6) is 0 Å². The molecule has 0 bridgehead atoms. The van der Waals surface area contributed by atoms with Crippen LogP contribution in [-0.2, 0) is 0 Å². The Morgan fingerprint density at radius 2 is 1.79 bits per heavy atom. The van der Waals surface area contributed by atoms with Crippen LogP contribution in [-0.4, -0.2) is 6.54 Å². The number of benzene rings is 1. The van der Waals surface area contributed by atoms with E-state index >= 15 is 0 Å². The predicted molar refractivity (Wildman–Crippen MR) is 56.5 cm³/mol. The van der Waals surface area contributed by atoms with E-state index in [9.17, 15) is 4.39 Å². The minimum atomic E-state index is -0.275. The lowest BCUT2D eigenvalue weighted by Gasteiger charge is -2.13. The average molecular weight is 196 g/mol. The average Bonchev–Trinajstić information content (AvgIpc) is 2.15. The van der Waals surface area contributed by atoms with Crippen LogP contribution in [0, 0.1) is 5.82 Å². The van der Waals surface area contributed by atoms with Crippen molar-refractivity contribution in [1.82, 2.24) is 0 Å². The van der Waals surface area contributed by atoms with Gasteiger partial charge < -0.3 is 11.5 Å². The molecule has 0 aromatic heterocycles. The van der Waals surface area contributed by atoms with Crippen molar-refractivity contribution in [2.24, 2.45) is 11.5 Å². The highest BCUT2D eigenvalue weighted by Gasteiger charge is 2.08. The summed E-state index contributed by atoms with van der Waals surface area (Å²) in [5.41, 5.74) is 12.9. The Kier molecular flexibility index (Phi) is 3.61. The summed E-state index contributed by atoms with van der Waals surface area (Å²) in [6.45, 7) is 4.38. The first-order valence-corrected chi connectivity index (χ1v) is 4.80. The smallest absolute Gasteiger partial charge is 0.123 e. The third-order valence-corrected chi connectivity index (χ3v) is 2.29. The van der Waals surface area contributed by atoms with Crippen LogP contribution in [0.1, 0.15) is 36.9 Å². The Labute approximate surface area is 84.1 Å². The van der Waals surface area contributed by atoms with Gasteiger partial charge in [-0.15, -0.1) is 0 Å². The maximum atomic E-state index is 13.2. The van der Waals surface area contributed by atoms with Gasteiger partial charge in [-0.05, 0) is 29.2 Å². The molecular formula is C11H17FN2. The molecule has 0 fully saturated rings. The first-order valence-electron chi connectivity index (χ1n) is 4.80. The number of hydrogen-bond acceptors (Lipinski definition) is 2. The summed E-state index contributed by atoms with van der Waals surface area (Å²) >= 11 is 0. The number of rotatable bonds is 3. The summed E-state index contributed by atoms with van der Waals surface area (Å²) in [6.07, 6.45) is 0. The lowest BCUT2D eigenvalue weighted by Crippen LogP contribution is -2.21. The van der Waals surface area contributed by atoms with Gasteiger partial charge in [0.15, 0.2) is 0 Å². The third-order valence-electron chi connectivity index (χ3n) is 2.29. The topological polar surface area (TPSA) is 52.0 Å². The molecule has 14 heavy (non-hydrogen) atoms. The molecule has 0 saturated heterocycles. The Balaban J connectivity index is 3.07. The van der Waals surface area contributed by atoms with E-state index in [-0.39, 0.29) is 11.9 Å². The standard InChI is InChI=1S/C11H17FN2/c1-7(2)8-3-9(11(14)6-13)5-10(12)4-8/h3-5,7,11H,6,13-14H2,1-2H3. The van der Waals surface area contributed by atoms with Crippen molar-refractivity contribution >= 4 is 0 Å². The summed E-state index contributed by atoms with van der Waals surface area (Å²) in [5, 5.41) is 0. The van der Waals surface area contributed by atoms with Crippen molar-refractivity contribution in [3.8, 4) is 0 Å². The molecule has 0 saturated carbocycles. The molecule has 0 spiro atoms. The molecule has 0 aliphatic heterocycles. The molecule has 0 aliphatic carbocycles. The van der Waals surface area contributed by atoms with E-state index in [0.717, 1.165) is 11.1 Å². The first-order chi connectivity index (χ1) is 6.54. The van der Waals surface area contributed by atoms with E-state index in [1.165, 1.54) is 12.1 Å². The highest BCUT2D eigenvalue weighted by Crippen LogP contribution is 2.20. The molecule has 3 heteroatoms. The van der Waals surface area contributed by atoms with Crippen molar-refractivity contribution in [2.45, 2.75) is 25.8 Å². The van der Waals surface area contributed by atoms with Crippen LogP contribution in [0.3, 0.4) is 0 Å². The second kappa shape index (κ2) is 4.53. The van der Waals surface area contributed by atoms with Gasteiger partial charge in [-0.25, -0.2) is 4.39 Å². The van der Waals surface area contributed by atoms with Gasteiger partial charge in [-0.2, -0.15) is 0 Å². The zero-order valence-corrected chi connectivity index (χ0v) is 8.63. The number of nitrogens with two attached hydrogens (primary N) is 2. The SMILES string of the molecule is CC(C)c1cc(F)cc(C(N)CN)c1. The maximum absolute atomic E-state index is 13.2. The Bertz CT molecular complexity index is 310. The van der Waals surface area contributed by atoms with Crippen LogP contribution in [0.15, 0.2) is 18.2 Å². The zero-order chi connectivity index (χ0) is 10.7. The van der Waals surface area contributed by atoms with Gasteiger partial charge in [-0.3, -0.25) is 0 Å². The van der Waals surface area contributed by atoms with Gasteiger partial charge in [0.05, 0.1) is 0 Å². The fraction of sp³-hybridized carbons (Fsp3) is 0.455. The Hall–Kier alpha value is -0.930. The Morgan fingerprint density at radius 3 is 2.29 bits per heavy atom. The molecule has 0 radical (unpaired) electrons. The molecule has 78 valence electrons. The molecule has 1 rings (SSSR count). The lowest BCUT2D eigenvalue weighted by molar-refractivity contribution is 0.614. The summed E-state index contributed by atoms with van der Waals surface area (Å²) in [4.78, 5) is 0. The molecule has 1 atom stereocenters. The Morgan fingerprint density at radius 1 is 1.21 bits per heavy atom. The minimum Gasteiger partial charge on any atom is -0.329 e. The van der Waals surface area contributed by atoms with Gasteiger partial charge in [0.1, 0.15) is 5.82 Å². The molecule has 1 aromatic rings. The predicted octanol–water partition coefficient (Wildman–Crippen LogP) is 1.91. The first kappa shape index (κ1) is 11.1. The van der Waals surface area contributed by atoms with Crippen molar-refractivity contribution in [3.05, 3.63) is 35.1 Å². The minimum absolute atomic E-state index is 0.241. The zero-order valence-electron chi connectivity index (χ0n) is 8.63. The van der Waals surface area contributed by atoms with Crippen LogP contribution in [0.4, 0.5) is 4.39 Å². The summed E-state index contributed by atoms with van der Waals surface area (Å²) < 4.78 is 13.2. The second-order valence-electron chi connectivity index (χ2n) is 3.81. The summed E-state index contributed by atoms with van der Waals surface area (Å²) in [5.74, 6) is 0.0597. The largest absolute Gasteiger partial charge is 0.329 e. The van der Waals surface area contributed by atoms with Gasteiger partial charge in [0.25, 0.3) is 0 Å². The van der Waals surface area contributed by atoms with E-state index < -0.39 is 0 Å². The van der Waals surface area contributed by atoms with Crippen LogP contribution in [0.2, 0.25) is 0 Å². The second-order valence-corrected chi connectivity index (χ2v) is 3.81. The monoisotopic (exact) mass is 196 g/mol. The van der Waals surface area contributed by atoms with Crippen molar-refractivity contribution in [2.75, 3.05) is 6.54 Å². The fourth-order valence-corrected chi connectivity index (χ4v) is 1.32. The molecule has 0 amide bonds. The van der Waals surface area contributed by atoms with Gasteiger partial charge in [0.2, 0.25) is 0 Å². The van der Waals surface area contributed by atoms with Crippen molar-refractivity contribution < 1.29 is 4.39 Å². The quantitative estimate of drug-likeness (QED) is 0.775. The van der Waals surface area contributed by atoms with Crippen LogP contribution in [0.25, 0.3) is 0 Å². The molecule has 2 nitrogen and oxygen atoms in total. The molecule has 1 unspecified atom stereocenters. The van der Waals surface area contributed by atoms with E-state index in [1.807, 2.05) is 19.9 Å².